The molecule has 3 aromatic heterocycles. The summed E-state index contributed by atoms with van der Waals surface area (Å²) in [5.74, 6) is -1.75. The lowest BCUT2D eigenvalue weighted by molar-refractivity contribution is -0.138. The highest BCUT2D eigenvalue weighted by Crippen LogP contribution is 2.30. The van der Waals surface area contributed by atoms with Gasteiger partial charge in [0.2, 0.25) is 5.91 Å². The van der Waals surface area contributed by atoms with Gasteiger partial charge in [-0.2, -0.15) is 5.10 Å². The first-order valence-electron chi connectivity index (χ1n) is 10.9. The van der Waals surface area contributed by atoms with Crippen molar-refractivity contribution in [2.24, 2.45) is 7.05 Å². The molecule has 0 spiro atoms. The molecule has 0 aliphatic carbocycles. The van der Waals surface area contributed by atoms with Crippen LogP contribution < -0.4 is 5.32 Å². The van der Waals surface area contributed by atoms with Crippen molar-refractivity contribution in [1.29, 1.82) is 0 Å². The number of nitrogens with zero attached hydrogens (tertiary/aromatic N) is 7. The van der Waals surface area contributed by atoms with Gasteiger partial charge in [0.15, 0.2) is 17.0 Å². The molecule has 0 saturated carbocycles. The van der Waals surface area contributed by atoms with Gasteiger partial charge in [-0.05, 0) is 20.3 Å². The smallest absolute Gasteiger partial charge is 0.251 e. The minimum atomic E-state index is -2.70. The standard InChI is InChI=1S/C21H28F2N8O/c1-5-15(20(32)30-9-7-21(22,23)8-10-30)27-17-16-19(25-12-24-17)29(4)18(28-16)14-11-26-31(6-2)13(14)3/h11-12,15H,5-10H2,1-4H3,(H,24,25,27)/t15-/m0/s1. The van der Waals surface area contributed by atoms with Crippen molar-refractivity contribution in [3.63, 3.8) is 0 Å². The number of fused-ring (bicyclic) bond motifs is 1. The Balaban J connectivity index is 1.63. The van der Waals surface area contributed by atoms with Gasteiger partial charge in [0, 0.05) is 45.2 Å². The molecule has 3 aromatic rings. The van der Waals surface area contributed by atoms with E-state index in [9.17, 15) is 13.6 Å². The van der Waals surface area contributed by atoms with Crippen molar-refractivity contribution in [1.82, 2.24) is 34.2 Å². The van der Waals surface area contributed by atoms with E-state index >= 15 is 0 Å². The summed E-state index contributed by atoms with van der Waals surface area (Å²) in [6.07, 6.45) is 3.09. The number of alkyl halides is 2. The second-order valence-corrected chi connectivity index (χ2v) is 8.13. The van der Waals surface area contributed by atoms with E-state index in [1.54, 1.807) is 6.20 Å². The SMILES string of the molecule is CC[C@H](Nc1ncnc2c1nc(-c1cnn(CC)c1C)n2C)C(=O)N1CCC(F)(F)CC1. The van der Waals surface area contributed by atoms with Crippen molar-refractivity contribution in [3.05, 3.63) is 18.2 Å². The van der Waals surface area contributed by atoms with Crippen LogP contribution in [0.25, 0.3) is 22.6 Å². The van der Waals surface area contributed by atoms with E-state index in [2.05, 4.69) is 20.4 Å². The normalized spacial score (nSPS) is 17.0. The quantitative estimate of drug-likeness (QED) is 0.626. The van der Waals surface area contributed by atoms with Crippen LogP contribution in [0.1, 0.15) is 38.8 Å². The topological polar surface area (TPSA) is 93.8 Å². The highest BCUT2D eigenvalue weighted by atomic mass is 19.3. The molecular formula is C21H28F2N8O. The number of anilines is 1. The first kappa shape index (κ1) is 22.1. The summed E-state index contributed by atoms with van der Waals surface area (Å²) in [5.41, 5.74) is 3.07. The molecule has 4 rings (SSSR count). The molecule has 1 N–H and O–H groups in total. The van der Waals surface area contributed by atoms with Gasteiger partial charge in [-0.1, -0.05) is 6.92 Å². The van der Waals surface area contributed by atoms with Crippen LogP contribution in [0.15, 0.2) is 12.5 Å². The van der Waals surface area contributed by atoms with Crippen LogP contribution in [0.3, 0.4) is 0 Å². The summed E-state index contributed by atoms with van der Waals surface area (Å²) in [4.78, 5) is 28.0. The molecule has 1 amide bonds. The molecule has 1 atom stereocenters. The summed E-state index contributed by atoms with van der Waals surface area (Å²) in [7, 11) is 1.88. The van der Waals surface area contributed by atoms with E-state index in [0.717, 1.165) is 17.8 Å². The highest BCUT2D eigenvalue weighted by molar-refractivity contribution is 5.90. The fourth-order valence-corrected chi connectivity index (χ4v) is 4.11. The third-order valence-corrected chi connectivity index (χ3v) is 6.12. The molecular weight excluding hydrogens is 418 g/mol. The number of imidazole rings is 1. The van der Waals surface area contributed by atoms with E-state index in [1.165, 1.54) is 11.2 Å². The monoisotopic (exact) mass is 446 g/mol. The van der Waals surface area contributed by atoms with E-state index in [4.69, 9.17) is 4.98 Å². The lowest BCUT2D eigenvalue weighted by Crippen LogP contribution is -2.48. The van der Waals surface area contributed by atoms with E-state index in [1.807, 2.05) is 37.1 Å². The third-order valence-electron chi connectivity index (χ3n) is 6.12. The second-order valence-electron chi connectivity index (χ2n) is 8.13. The van der Waals surface area contributed by atoms with Crippen LogP contribution in [-0.2, 0) is 18.4 Å². The summed E-state index contributed by atoms with van der Waals surface area (Å²) in [5, 5.41) is 7.59. The Labute approximate surface area is 184 Å². The number of halogens is 2. The average molecular weight is 447 g/mol. The molecule has 9 nitrogen and oxygen atoms in total. The maximum Gasteiger partial charge on any atom is 0.251 e. The number of carbonyl (C=O) groups excluding carboxylic acids is 1. The maximum atomic E-state index is 13.5. The minimum Gasteiger partial charge on any atom is -0.356 e. The molecule has 0 aromatic carbocycles. The molecule has 1 saturated heterocycles. The summed E-state index contributed by atoms with van der Waals surface area (Å²) >= 11 is 0. The number of piperidine rings is 1. The minimum absolute atomic E-state index is 0.0532. The maximum absolute atomic E-state index is 13.5. The van der Waals surface area contributed by atoms with Crippen LogP contribution in [0.4, 0.5) is 14.6 Å². The largest absolute Gasteiger partial charge is 0.356 e. The van der Waals surface area contributed by atoms with Gasteiger partial charge >= 0.3 is 0 Å². The Kier molecular flexibility index (Phi) is 5.83. The molecule has 32 heavy (non-hydrogen) atoms. The fraction of sp³-hybridized carbons (Fsp3) is 0.571. The molecule has 1 aliphatic heterocycles. The zero-order chi connectivity index (χ0) is 23.0. The van der Waals surface area contributed by atoms with Gasteiger partial charge in [0.1, 0.15) is 18.2 Å². The first-order chi connectivity index (χ1) is 15.3. The van der Waals surface area contributed by atoms with Crippen molar-refractivity contribution in [3.8, 4) is 11.4 Å². The zero-order valence-electron chi connectivity index (χ0n) is 18.8. The van der Waals surface area contributed by atoms with Crippen LogP contribution >= 0.6 is 0 Å². The number of rotatable bonds is 6. The molecule has 172 valence electrons. The molecule has 1 fully saturated rings. The molecule has 11 heteroatoms. The number of likely N-dealkylation sites (tertiary alicyclic amines) is 1. The van der Waals surface area contributed by atoms with Crippen LogP contribution in [0.5, 0.6) is 0 Å². The van der Waals surface area contributed by atoms with Crippen LogP contribution in [-0.4, -0.2) is 65.2 Å². The molecule has 4 heterocycles. The van der Waals surface area contributed by atoms with Gasteiger partial charge < -0.3 is 14.8 Å². The Morgan fingerprint density at radius 2 is 1.97 bits per heavy atom. The average Bonchev–Trinajstić information content (AvgIpc) is 3.31. The predicted octanol–water partition coefficient (Wildman–Crippen LogP) is 3.00. The highest BCUT2D eigenvalue weighted by Gasteiger charge is 2.37. The lowest BCUT2D eigenvalue weighted by atomic mass is 10.1. The van der Waals surface area contributed by atoms with Crippen molar-refractivity contribution in [2.75, 3.05) is 18.4 Å². The predicted molar refractivity (Wildman–Crippen MR) is 116 cm³/mol. The fourth-order valence-electron chi connectivity index (χ4n) is 4.11. The van der Waals surface area contributed by atoms with Crippen molar-refractivity contribution < 1.29 is 13.6 Å². The number of amides is 1. The second kappa shape index (κ2) is 8.44. The lowest BCUT2D eigenvalue weighted by Gasteiger charge is -2.34. The number of hydrogen-bond donors (Lipinski definition) is 1. The Morgan fingerprint density at radius 1 is 1.25 bits per heavy atom. The molecule has 0 radical (unpaired) electrons. The Hall–Kier alpha value is -3.11. The van der Waals surface area contributed by atoms with Gasteiger partial charge in [0.25, 0.3) is 5.92 Å². The first-order valence-corrected chi connectivity index (χ1v) is 10.9. The summed E-state index contributed by atoms with van der Waals surface area (Å²) in [6.45, 7) is 6.75. The van der Waals surface area contributed by atoms with Crippen LogP contribution in [0, 0.1) is 6.92 Å². The van der Waals surface area contributed by atoms with Gasteiger partial charge in [0.05, 0.1) is 11.8 Å². The summed E-state index contributed by atoms with van der Waals surface area (Å²) < 4.78 is 30.8. The van der Waals surface area contributed by atoms with Gasteiger partial charge in [-0.15, -0.1) is 0 Å². The van der Waals surface area contributed by atoms with E-state index in [0.29, 0.717) is 29.2 Å². The number of aromatic nitrogens is 6. The van der Waals surface area contributed by atoms with Crippen molar-refractivity contribution in [2.45, 2.75) is 58.5 Å². The van der Waals surface area contributed by atoms with Crippen LogP contribution in [0.2, 0.25) is 0 Å². The van der Waals surface area contributed by atoms with Crippen molar-refractivity contribution >= 4 is 22.9 Å². The number of hydrogen-bond acceptors (Lipinski definition) is 6. The molecule has 0 unspecified atom stereocenters. The Bertz CT molecular complexity index is 1130. The molecule has 0 bridgehead atoms. The number of nitrogens with one attached hydrogen (secondary N) is 1. The third kappa shape index (κ3) is 3.91. The summed E-state index contributed by atoms with van der Waals surface area (Å²) in [6, 6.07) is -0.588. The zero-order valence-corrected chi connectivity index (χ0v) is 18.8. The van der Waals surface area contributed by atoms with E-state index < -0.39 is 12.0 Å². The number of aryl methyl sites for hydroxylation is 2. The van der Waals surface area contributed by atoms with E-state index in [-0.39, 0.29) is 31.8 Å². The van der Waals surface area contributed by atoms with Gasteiger partial charge in [-0.25, -0.2) is 23.7 Å². The number of carbonyl (C=O) groups is 1. The Morgan fingerprint density at radius 3 is 2.59 bits per heavy atom. The molecule has 1 aliphatic rings. The van der Waals surface area contributed by atoms with Gasteiger partial charge in [-0.3, -0.25) is 9.48 Å².